The van der Waals surface area contributed by atoms with Crippen LogP contribution >= 0.6 is 11.3 Å². The Hall–Kier alpha value is -3.44. The first-order chi connectivity index (χ1) is 13.4. The van der Waals surface area contributed by atoms with Gasteiger partial charge in [0.2, 0.25) is 5.95 Å². The van der Waals surface area contributed by atoms with Gasteiger partial charge in [-0.1, -0.05) is 18.2 Å². The Kier molecular flexibility index (Phi) is 3.92. The molecule has 0 N–H and O–H groups in total. The van der Waals surface area contributed by atoms with Crippen LogP contribution in [0.4, 0.5) is 0 Å². The Morgan fingerprint density at radius 2 is 1.33 bits per heavy atom. The van der Waals surface area contributed by atoms with Gasteiger partial charge in [0, 0.05) is 36.0 Å². The van der Waals surface area contributed by atoms with Gasteiger partial charge in [-0.05, 0) is 53.9 Å². The lowest BCUT2D eigenvalue weighted by molar-refractivity contribution is 0.942. The molecule has 0 saturated heterocycles. The van der Waals surface area contributed by atoms with E-state index in [4.69, 9.17) is 9.97 Å². The van der Waals surface area contributed by atoms with Gasteiger partial charge in [0.15, 0.2) is 0 Å². The summed E-state index contributed by atoms with van der Waals surface area (Å²) < 4.78 is 4.03. The van der Waals surface area contributed by atoms with Crippen molar-refractivity contribution < 1.29 is 0 Å². The fourth-order valence-electron chi connectivity index (χ4n) is 3.03. The standard InChI is InChI=1S/C22H16N4S/c1-2-12-25(11-1)18-9-7-17(8-10-18)19-16-20(21-6-5-15-27-21)24-22(23-19)26-13-3-4-14-26/h1-16H. The van der Waals surface area contributed by atoms with Gasteiger partial charge in [-0.25, -0.2) is 9.97 Å². The van der Waals surface area contributed by atoms with E-state index in [2.05, 4.69) is 46.3 Å². The quantitative estimate of drug-likeness (QED) is 0.423. The molecular weight excluding hydrogens is 352 g/mol. The normalized spacial score (nSPS) is 11.0. The summed E-state index contributed by atoms with van der Waals surface area (Å²) in [5.41, 5.74) is 4.05. The van der Waals surface area contributed by atoms with Gasteiger partial charge in [-0.3, -0.25) is 4.57 Å². The molecule has 5 heteroatoms. The van der Waals surface area contributed by atoms with Crippen LogP contribution in [0.1, 0.15) is 0 Å². The Balaban J connectivity index is 1.61. The number of nitrogens with zero attached hydrogens (tertiary/aromatic N) is 4. The van der Waals surface area contributed by atoms with Crippen molar-refractivity contribution in [3.63, 3.8) is 0 Å². The second-order valence-electron chi connectivity index (χ2n) is 6.14. The number of hydrogen-bond acceptors (Lipinski definition) is 3. The molecule has 0 saturated carbocycles. The molecule has 0 spiro atoms. The summed E-state index contributed by atoms with van der Waals surface area (Å²) in [6.45, 7) is 0. The predicted octanol–water partition coefficient (Wildman–Crippen LogP) is 5.45. The summed E-state index contributed by atoms with van der Waals surface area (Å²) in [5.74, 6) is 0.676. The summed E-state index contributed by atoms with van der Waals surface area (Å²) in [6, 6.07) is 22.6. The van der Waals surface area contributed by atoms with Crippen molar-refractivity contribution in [2.45, 2.75) is 0 Å². The lowest BCUT2D eigenvalue weighted by atomic mass is 10.1. The molecule has 0 unspecified atom stereocenters. The lowest BCUT2D eigenvalue weighted by Crippen LogP contribution is -2.01. The minimum atomic E-state index is 0.676. The van der Waals surface area contributed by atoms with E-state index in [0.717, 1.165) is 27.5 Å². The Morgan fingerprint density at radius 3 is 2.00 bits per heavy atom. The topological polar surface area (TPSA) is 35.6 Å². The summed E-state index contributed by atoms with van der Waals surface area (Å²) in [4.78, 5) is 10.7. The molecule has 0 atom stereocenters. The third-order valence-electron chi connectivity index (χ3n) is 4.39. The van der Waals surface area contributed by atoms with Crippen LogP contribution in [-0.2, 0) is 0 Å². The largest absolute Gasteiger partial charge is 0.324 e. The Labute approximate surface area is 161 Å². The minimum absolute atomic E-state index is 0.676. The molecule has 4 aromatic heterocycles. The SMILES string of the molecule is c1csc(-c2cc(-c3ccc(-n4cccc4)cc3)nc(-n3cccc3)n2)c1. The zero-order chi connectivity index (χ0) is 18.1. The molecule has 0 bridgehead atoms. The van der Waals surface area contributed by atoms with Crippen LogP contribution in [0.5, 0.6) is 0 Å². The minimum Gasteiger partial charge on any atom is -0.324 e. The maximum atomic E-state index is 4.80. The highest BCUT2D eigenvalue weighted by molar-refractivity contribution is 7.13. The van der Waals surface area contributed by atoms with Crippen molar-refractivity contribution in [2.24, 2.45) is 0 Å². The molecule has 27 heavy (non-hydrogen) atoms. The van der Waals surface area contributed by atoms with Gasteiger partial charge in [-0.2, -0.15) is 0 Å². The van der Waals surface area contributed by atoms with Gasteiger partial charge in [-0.15, -0.1) is 11.3 Å². The maximum Gasteiger partial charge on any atom is 0.234 e. The number of thiophene rings is 1. The van der Waals surface area contributed by atoms with Crippen LogP contribution in [0.15, 0.2) is 96.9 Å². The zero-order valence-electron chi connectivity index (χ0n) is 14.4. The molecule has 0 radical (unpaired) electrons. The molecule has 0 aliphatic rings. The van der Waals surface area contributed by atoms with Crippen LogP contribution in [0.25, 0.3) is 33.5 Å². The van der Waals surface area contributed by atoms with Crippen LogP contribution in [0.3, 0.4) is 0 Å². The van der Waals surface area contributed by atoms with E-state index in [1.165, 1.54) is 0 Å². The smallest absolute Gasteiger partial charge is 0.234 e. The van der Waals surface area contributed by atoms with E-state index in [9.17, 15) is 0 Å². The summed E-state index contributed by atoms with van der Waals surface area (Å²) in [7, 11) is 0. The first kappa shape index (κ1) is 15.8. The Bertz CT molecular complexity index is 1090. The molecule has 130 valence electrons. The van der Waals surface area contributed by atoms with Crippen molar-refractivity contribution >= 4 is 11.3 Å². The summed E-state index contributed by atoms with van der Waals surface area (Å²) in [5, 5.41) is 2.07. The van der Waals surface area contributed by atoms with Crippen molar-refractivity contribution in [3.05, 3.63) is 96.9 Å². The third-order valence-corrected chi connectivity index (χ3v) is 5.28. The number of benzene rings is 1. The predicted molar refractivity (Wildman–Crippen MR) is 109 cm³/mol. The van der Waals surface area contributed by atoms with Gasteiger partial charge in [0.05, 0.1) is 16.3 Å². The maximum absolute atomic E-state index is 4.80. The average Bonchev–Trinajstić information content (AvgIpc) is 3.51. The molecule has 5 aromatic rings. The molecule has 0 amide bonds. The average molecular weight is 368 g/mol. The molecule has 0 aliphatic carbocycles. The van der Waals surface area contributed by atoms with E-state index in [-0.39, 0.29) is 0 Å². The van der Waals surface area contributed by atoms with Crippen molar-refractivity contribution in [1.82, 2.24) is 19.1 Å². The van der Waals surface area contributed by atoms with Crippen LogP contribution in [0.2, 0.25) is 0 Å². The van der Waals surface area contributed by atoms with Crippen molar-refractivity contribution in [2.75, 3.05) is 0 Å². The third kappa shape index (κ3) is 3.09. The number of aromatic nitrogens is 4. The zero-order valence-corrected chi connectivity index (χ0v) is 15.3. The first-order valence-corrected chi connectivity index (χ1v) is 9.55. The number of hydrogen-bond donors (Lipinski definition) is 0. The molecule has 1 aromatic carbocycles. The van der Waals surface area contributed by atoms with Crippen molar-refractivity contribution in [3.8, 4) is 33.5 Å². The first-order valence-electron chi connectivity index (χ1n) is 8.67. The monoisotopic (exact) mass is 368 g/mol. The second kappa shape index (κ2) is 6.70. The molecule has 5 rings (SSSR count). The highest BCUT2D eigenvalue weighted by atomic mass is 32.1. The fraction of sp³-hybridized carbons (Fsp3) is 0. The van der Waals surface area contributed by atoms with Gasteiger partial charge < -0.3 is 4.57 Å². The molecule has 0 fully saturated rings. The molecule has 0 aliphatic heterocycles. The van der Waals surface area contributed by atoms with Crippen LogP contribution in [0, 0.1) is 0 Å². The second-order valence-corrected chi connectivity index (χ2v) is 7.09. The van der Waals surface area contributed by atoms with E-state index < -0.39 is 0 Å². The number of rotatable bonds is 4. The van der Waals surface area contributed by atoms with Crippen LogP contribution in [-0.4, -0.2) is 19.1 Å². The van der Waals surface area contributed by atoms with E-state index >= 15 is 0 Å². The molecule has 4 heterocycles. The Morgan fingerprint density at radius 1 is 0.667 bits per heavy atom. The molecule has 4 nitrogen and oxygen atoms in total. The highest BCUT2D eigenvalue weighted by Crippen LogP contribution is 2.28. The fourth-order valence-corrected chi connectivity index (χ4v) is 3.71. The van der Waals surface area contributed by atoms with Crippen LogP contribution < -0.4 is 0 Å². The van der Waals surface area contributed by atoms with Gasteiger partial charge in [0.1, 0.15) is 0 Å². The van der Waals surface area contributed by atoms with E-state index in [1.54, 1.807) is 11.3 Å². The highest BCUT2D eigenvalue weighted by Gasteiger charge is 2.10. The molecular formula is C22H16N4S. The summed E-state index contributed by atoms with van der Waals surface area (Å²) in [6.07, 6.45) is 8.01. The van der Waals surface area contributed by atoms with Gasteiger partial charge in [0.25, 0.3) is 0 Å². The summed E-state index contributed by atoms with van der Waals surface area (Å²) >= 11 is 1.68. The van der Waals surface area contributed by atoms with E-state index in [0.29, 0.717) is 5.95 Å². The van der Waals surface area contributed by atoms with Crippen molar-refractivity contribution in [1.29, 1.82) is 0 Å². The lowest BCUT2D eigenvalue weighted by Gasteiger charge is -2.09. The van der Waals surface area contributed by atoms with E-state index in [1.807, 2.05) is 59.7 Å². The van der Waals surface area contributed by atoms with Gasteiger partial charge >= 0.3 is 0 Å².